The summed E-state index contributed by atoms with van der Waals surface area (Å²) in [6.07, 6.45) is 1.72. The van der Waals surface area contributed by atoms with Crippen LogP contribution in [0.2, 0.25) is 0 Å². The molecule has 0 aliphatic rings. The Hall–Kier alpha value is -0.360. The Labute approximate surface area is 112 Å². The molecule has 1 heterocycles. The zero-order chi connectivity index (χ0) is 10.6. The van der Waals surface area contributed by atoms with Gasteiger partial charge in [0.2, 0.25) is 5.91 Å². The van der Waals surface area contributed by atoms with Crippen LogP contribution in [0.3, 0.4) is 0 Å². The minimum absolute atomic E-state index is 0. The van der Waals surface area contributed by atoms with Crippen LogP contribution in [0.15, 0.2) is 11.6 Å². The minimum Gasteiger partial charge on any atom is -0.349 e. The number of rotatable bonds is 4. The third-order valence-electron chi connectivity index (χ3n) is 2.10. The molecule has 3 N–H and O–H groups in total. The first-order valence-corrected chi connectivity index (χ1v) is 5.41. The first-order valence-electron chi connectivity index (χ1n) is 4.53. The summed E-state index contributed by atoms with van der Waals surface area (Å²) in [6.45, 7) is 4.14. The molecule has 1 amide bonds. The molecule has 2 unspecified atom stereocenters. The van der Waals surface area contributed by atoms with E-state index in [9.17, 15) is 4.79 Å². The van der Waals surface area contributed by atoms with Gasteiger partial charge >= 0.3 is 0 Å². The van der Waals surface area contributed by atoms with Gasteiger partial charge in [-0.25, -0.2) is 4.98 Å². The molecule has 7 heteroatoms. The molecule has 0 spiro atoms. The lowest BCUT2D eigenvalue weighted by molar-refractivity contribution is -0.125. The number of nitrogens with one attached hydrogen (secondary N) is 1. The first kappa shape index (κ1) is 18.0. The standard InChI is InChI=1S/C9H15N3OS.2ClH/c1-6(7(2)10)9(13)12-5-8-11-3-4-14-8;;/h3-4,6-7H,5,10H2,1-2H3,(H,12,13);2*1H. The Bertz CT molecular complexity index is 293. The molecular weight excluding hydrogens is 269 g/mol. The van der Waals surface area contributed by atoms with E-state index in [0.717, 1.165) is 5.01 Å². The van der Waals surface area contributed by atoms with Gasteiger partial charge in [0.05, 0.1) is 6.54 Å². The monoisotopic (exact) mass is 285 g/mol. The third kappa shape index (κ3) is 5.65. The molecule has 2 atom stereocenters. The number of carbonyl (C=O) groups excluding carboxylic acids is 1. The van der Waals surface area contributed by atoms with E-state index in [-0.39, 0.29) is 42.7 Å². The molecule has 1 rings (SSSR count). The highest BCUT2D eigenvalue weighted by atomic mass is 35.5. The van der Waals surface area contributed by atoms with Crippen LogP contribution in [0.25, 0.3) is 0 Å². The fraction of sp³-hybridized carbons (Fsp3) is 0.556. The second-order valence-electron chi connectivity index (χ2n) is 3.29. The van der Waals surface area contributed by atoms with E-state index in [2.05, 4.69) is 10.3 Å². The Morgan fingerprint density at radius 1 is 1.56 bits per heavy atom. The zero-order valence-electron chi connectivity index (χ0n) is 9.17. The van der Waals surface area contributed by atoms with Crippen molar-refractivity contribution in [2.45, 2.75) is 26.4 Å². The van der Waals surface area contributed by atoms with Gasteiger partial charge in [-0.15, -0.1) is 36.2 Å². The van der Waals surface area contributed by atoms with Crippen LogP contribution in [-0.4, -0.2) is 16.9 Å². The van der Waals surface area contributed by atoms with Crippen molar-refractivity contribution in [1.29, 1.82) is 0 Å². The predicted molar refractivity (Wildman–Crippen MR) is 71.3 cm³/mol. The van der Waals surface area contributed by atoms with E-state index in [1.54, 1.807) is 6.20 Å². The summed E-state index contributed by atoms with van der Waals surface area (Å²) in [5.41, 5.74) is 5.61. The van der Waals surface area contributed by atoms with Crippen molar-refractivity contribution in [3.05, 3.63) is 16.6 Å². The van der Waals surface area contributed by atoms with Gasteiger partial charge in [-0.05, 0) is 6.92 Å². The van der Waals surface area contributed by atoms with Gasteiger partial charge < -0.3 is 11.1 Å². The van der Waals surface area contributed by atoms with Crippen molar-refractivity contribution in [3.8, 4) is 0 Å². The lowest BCUT2D eigenvalue weighted by Crippen LogP contribution is -2.38. The van der Waals surface area contributed by atoms with Crippen LogP contribution >= 0.6 is 36.2 Å². The molecule has 1 aromatic heterocycles. The van der Waals surface area contributed by atoms with Gasteiger partial charge in [0.1, 0.15) is 5.01 Å². The molecule has 0 saturated heterocycles. The van der Waals surface area contributed by atoms with Gasteiger partial charge in [0.15, 0.2) is 0 Å². The molecule has 94 valence electrons. The molecule has 0 fully saturated rings. The number of hydrogen-bond acceptors (Lipinski definition) is 4. The molecule has 0 radical (unpaired) electrons. The Kier molecular flexibility index (Phi) is 9.86. The Morgan fingerprint density at radius 2 is 2.19 bits per heavy atom. The van der Waals surface area contributed by atoms with E-state index in [1.807, 2.05) is 19.2 Å². The van der Waals surface area contributed by atoms with Gasteiger partial charge in [0.25, 0.3) is 0 Å². The van der Waals surface area contributed by atoms with Crippen LogP contribution in [0, 0.1) is 5.92 Å². The molecule has 1 aromatic rings. The summed E-state index contributed by atoms with van der Waals surface area (Å²) in [7, 11) is 0. The lowest BCUT2D eigenvalue weighted by atomic mass is 10.0. The van der Waals surface area contributed by atoms with Crippen molar-refractivity contribution < 1.29 is 4.79 Å². The Balaban J connectivity index is 0. The van der Waals surface area contributed by atoms with E-state index in [0.29, 0.717) is 6.54 Å². The number of thiazole rings is 1. The SMILES string of the molecule is CC(N)C(C)C(=O)NCc1nccs1.Cl.Cl. The second-order valence-corrected chi connectivity index (χ2v) is 4.27. The number of nitrogens with zero attached hydrogens (tertiary/aromatic N) is 1. The van der Waals surface area contributed by atoms with E-state index in [1.165, 1.54) is 11.3 Å². The van der Waals surface area contributed by atoms with Crippen molar-refractivity contribution in [1.82, 2.24) is 10.3 Å². The van der Waals surface area contributed by atoms with Gasteiger partial charge in [-0.2, -0.15) is 0 Å². The van der Waals surface area contributed by atoms with Crippen LogP contribution in [-0.2, 0) is 11.3 Å². The molecule has 0 aromatic carbocycles. The molecule has 4 nitrogen and oxygen atoms in total. The van der Waals surface area contributed by atoms with E-state index >= 15 is 0 Å². The maximum atomic E-state index is 11.5. The van der Waals surface area contributed by atoms with Gasteiger partial charge in [-0.3, -0.25) is 4.79 Å². The summed E-state index contributed by atoms with van der Waals surface area (Å²) < 4.78 is 0. The van der Waals surface area contributed by atoms with Crippen molar-refractivity contribution >= 4 is 42.1 Å². The fourth-order valence-corrected chi connectivity index (χ4v) is 1.46. The summed E-state index contributed by atoms with van der Waals surface area (Å²) in [4.78, 5) is 15.5. The summed E-state index contributed by atoms with van der Waals surface area (Å²) in [6, 6.07) is -0.119. The first-order chi connectivity index (χ1) is 6.61. The van der Waals surface area contributed by atoms with Crippen LogP contribution in [0.4, 0.5) is 0 Å². The van der Waals surface area contributed by atoms with Crippen molar-refractivity contribution in [2.75, 3.05) is 0 Å². The average molecular weight is 286 g/mol. The number of carbonyl (C=O) groups is 1. The smallest absolute Gasteiger partial charge is 0.224 e. The summed E-state index contributed by atoms with van der Waals surface area (Å²) in [5, 5.41) is 5.59. The number of aromatic nitrogens is 1. The highest BCUT2D eigenvalue weighted by molar-refractivity contribution is 7.09. The minimum atomic E-state index is -0.157. The number of hydrogen-bond donors (Lipinski definition) is 2. The average Bonchev–Trinajstić information content (AvgIpc) is 2.65. The molecule has 0 bridgehead atoms. The third-order valence-corrected chi connectivity index (χ3v) is 2.88. The fourth-order valence-electron chi connectivity index (χ4n) is 0.903. The van der Waals surface area contributed by atoms with Crippen LogP contribution < -0.4 is 11.1 Å². The number of nitrogens with two attached hydrogens (primary N) is 1. The number of halogens is 2. The maximum absolute atomic E-state index is 11.5. The zero-order valence-corrected chi connectivity index (χ0v) is 11.6. The van der Waals surface area contributed by atoms with Crippen LogP contribution in [0.5, 0.6) is 0 Å². The van der Waals surface area contributed by atoms with Crippen molar-refractivity contribution in [2.24, 2.45) is 11.7 Å². The Morgan fingerprint density at radius 3 is 2.62 bits per heavy atom. The highest BCUT2D eigenvalue weighted by Gasteiger charge is 2.16. The van der Waals surface area contributed by atoms with Crippen LogP contribution in [0.1, 0.15) is 18.9 Å². The highest BCUT2D eigenvalue weighted by Crippen LogP contribution is 2.04. The number of amides is 1. The van der Waals surface area contributed by atoms with E-state index in [4.69, 9.17) is 5.73 Å². The largest absolute Gasteiger partial charge is 0.349 e. The topological polar surface area (TPSA) is 68.0 Å². The second kappa shape index (κ2) is 8.75. The molecule has 0 saturated carbocycles. The molecule has 16 heavy (non-hydrogen) atoms. The van der Waals surface area contributed by atoms with Gasteiger partial charge in [-0.1, -0.05) is 6.92 Å². The predicted octanol–water partition coefficient (Wildman–Crippen LogP) is 1.59. The van der Waals surface area contributed by atoms with E-state index < -0.39 is 0 Å². The molecule has 0 aliphatic carbocycles. The molecular formula is C9H17Cl2N3OS. The quantitative estimate of drug-likeness (QED) is 0.883. The lowest BCUT2D eigenvalue weighted by Gasteiger charge is -2.14. The normalized spacial score (nSPS) is 12.9. The van der Waals surface area contributed by atoms with Crippen molar-refractivity contribution in [3.63, 3.8) is 0 Å². The maximum Gasteiger partial charge on any atom is 0.224 e. The summed E-state index contributed by atoms with van der Waals surface area (Å²) >= 11 is 1.53. The molecule has 0 aliphatic heterocycles. The van der Waals surface area contributed by atoms with Gasteiger partial charge in [0, 0.05) is 23.5 Å². The summed E-state index contributed by atoms with van der Waals surface area (Å²) in [5.74, 6) is -0.176.